The number of fused-ring (bicyclic) bond motifs is 3. The van der Waals surface area contributed by atoms with Gasteiger partial charge in [0.15, 0.2) is 22.9 Å². The van der Waals surface area contributed by atoms with E-state index in [-0.39, 0.29) is 29.3 Å². The van der Waals surface area contributed by atoms with Gasteiger partial charge in [0.2, 0.25) is 6.29 Å². The predicted molar refractivity (Wildman–Crippen MR) is 105 cm³/mol. The van der Waals surface area contributed by atoms with Crippen molar-refractivity contribution in [1.29, 1.82) is 0 Å². The van der Waals surface area contributed by atoms with Crippen molar-refractivity contribution in [1.82, 2.24) is 4.90 Å². The molecule has 3 aliphatic rings. The zero-order chi connectivity index (χ0) is 20.6. The Morgan fingerprint density at radius 3 is 2.31 bits per heavy atom. The van der Waals surface area contributed by atoms with E-state index in [2.05, 4.69) is 0 Å². The lowest BCUT2D eigenvalue weighted by molar-refractivity contribution is -0.142. The molecule has 2 aliphatic heterocycles. The Kier molecular flexibility index (Phi) is 3.81. The average molecular weight is 412 g/mol. The molecule has 1 fully saturated rings. The summed E-state index contributed by atoms with van der Waals surface area (Å²) in [7, 11) is 3.12. The van der Waals surface area contributed by atoms with E-state index in [0.717, 1.165) is 0 Å². The number of hydrogen-bond donors (Lipinski definition) is 0. The van der Waals surface area contributed by atoms with E-state index in [1.165, 1.54) is 13.2 Å². The van der Waals surface area contributed by atoms with E-state index in [0.29, 0.717) is 28.4 Å². The van der Waals surface area contributed by atoms with Crippen LogP contribution in [0.25, 0.3) is 0 Å². The van der Waals surface area contributed by atoms with E-state index in [4.69, 9.17) is 21.1 Å². The van der Waals surface area contributed by atoms with Crippen molar-refractivity contribution in [3.63, 3.8) is 0 Å². The smallest absolute Gasteiger partial charge is 0.215 e. The zero-order valence-corrected chi connectivity index (χ0v) is 16.7. The van der Waals surface area contributed by atoms with E-state index in [9.17, 15) is 14.4 Å². The molecular weight excluding hydrogens is 394 g/mol. The lowest BCUT2D eigenvalue weighted by Gasteiger charge is -2.48. The van der Waals surface area contributed by atoms with Gasteiger partial charge in [-0.1, -0.05) is 35.9 Å². The topological polar surface area (TPSA) is 72.9 Å². The highest BCUT2D eigenvalue weighted by atomic mass is 35.5. The van der Waals surface area contributed by atoms with Gasteiger partial charge in [-0.25, -0.2) is 0 Å². The molecule has 7 heteroatoms. The van der Waals surface area contributed by atoms with Gasteiger partial charge < -0.3 is 9.47 Å². The number of methoxy groups -OCH3 is 1. The van der Waals surface area contributed by atoms with Crippen LogP contribution in [-0.4, -0.2) is 54.8 Å². The summed E-state index contributed by atoms with van der Waals surface area (Å²) in [6.07, 6.45) is -0.839. The number of carbonyl (C=O) groups excluding carboxylic acids is 3. The number of likely N-dealkylation sites (N-methyl/N-ethyl adjacent to an activating group) is 1. The van der Waals surface area contributed by atoms with Gasteiger partial charge in [0.25, 0.3) is 0 Å². The summed E-state index contributed by atoms with van der Waals surface area (Å²) in [4.78, 5) is 43.1. The van der Waals surface area contributed by atoms with Crippen molar-refractivity contribution in [2.24, 2.45) is 5.41 Å². The van der Waals surface area contributed by atoms with Crippen LogP contribution in [0, 0.1) is 5.41 Å². The maximum Gasteiger partial charge on any atom is 0.215 e. The molecule has 5 rings (SSSR count). The molecule has 148 valence electrons. The fourth-order valence-electron chi connectivity index (χ4n) is 5.32. The molecule has 0 bridgehead atoms. The van der Waals surface area contributed by atoms with Crippen molar-refractivity contribution in [3.05, 3.63) is 64.2 Å². The first-order chi connectivity index (χ1) is 13.9. The highest BCUT2D eigenvalue weighted by Gasteiger charge is 2.77. The third-order valence-corrected chi connectivity index (χ3v) is 6.81. The number of likely N-dealkylation sites (tertiary alicyclic amines) is 1. The zero-order valence-electron chi connectivity index (χ0n) is 15.9. The summed E-state index contributed by atoms with van der Waals surface area (Å²) < 4.78 is 11.7. The van der Waals surface area contributed by atoms with Crippen molar-refractivity contribution in [2.45, 2.75) is 18.2 Å². The molecule has 2 heterocycles. The standard InChI is InChI=1S/C22H18ClNO5/c1-24-10-9-21(22(24)18(26)13-5-3-4-6-14(13)19(22)27)17(25)15-11-12(23)7-8-16(15)29-20(21)28-2/h3-8,11,20H,9-10H2,1-2H3/t20-,21-/m0/s1. The lowest BCUT2D eigenvalue weighted by Crippen LogP contribution is -2.69. The predicted octanol–water partition coefficient (Wildman–Crippen LogP) is 3.03. The Balaban J connectivity index is 1.81. The van der Waals surface area contributed by atoms with Crippen LogP contribution in [0.15, 0.2) is 42.5 Å². The summed E-state index contributed by atoms with van der Waals surface area (Å²) in [5.74, 6) is -0.797. The number of Topliss-reactive ketones (excluding diaryl/α,β-unsaturated/α-hetero) is 3. The van der Waals surface area contributed by atoms with Gasteiger partial charge in [-0.2, -0.15) is 0 Å². The van der Waals surface area contributed by atoms with Crippen LogP contribution in [0.1, 0.15) is 37.5 Å². The second-order valence-corrected chi connectivity index (χ2v) is 8.15. The molecule has 1 aliphatic carbocycles. The monoisotopic (exact) mass is 411 g/mol. The second kappa shape index (κ2) is 5.98. The molecule has 0 amide bonds. The quantitative estimate of drug-likeness (QED) is 0.672. The molecule has 1 saturated heterocycles. The fourth-order valence-corrected chi connectivity index (χ4v) is 5.49. The highest BCUT2D eigenvalue weighted by molar-refractivity contribution is 6.36. The van der Waals surface area contributed by atoms with Gasteiger partial charge >= 0.3 is 0 Å². The third-order valence-electron chi connectivity index (χ3n) is 6.58. The molecule has 2 atom stereocenters. The summed E-state index contributed by atoms with van der Waals surface area (Å²) in [6, 6.07) is 11.4. The number of rotatable bonds is 1. The molecule has 2 aromatic rings. The molecule has 2 spiro atoms. The number of halogens is 1. The molecule has 29 heavy (non-hydrogen) atoms. The largest absolute Gasteiger partial charge is 0.463 e. The number of hydrogen-bond acceptors (Lipinski definition) is 6. The Morgan fingerprint density at radius 1 is 1.03 bits per heavy atom. The first kappa shape index (κ1) is 18.5. The molecule has 6 nitrogen and oxygen atoms in total. The van der Waals surface area contributed by atoms with Crippen molar-refractivity contribution in [2.75, 3.05) is 20.7 Å². The molecule has 0 unspecified atom stereocenters. The van der Waals surface area contributed by atoms with Crippen molar-refractivity contribution >= 4 is 29.0 Å². The minimum absolute atomic E-state index is 0.248. The summed E-state index contributed by atoms with van der Waals surface area (Å²) >= 11 is 6.13. The number of carbonyl (C=O) groups is 3. The second-order valence-electron chi connectivity index (χ2n) is 7.71. The Bertz CT molecular complexity index is 1060. The minimum atomic E-state index is -1.71. The van der Waals surface area contributed by atoms with Crippen molar-refractivity contribution < 1.29 is 23.9 Å². The molecule has 0 saturated carbocycles. The summed E-state index contributed by atoms with van der Waals surface area (Å²) in [5, 5.41) is 0.375. The molecule has 0 N–H and O–H groups in total. The molecule has 0 radical (unpaired) electrons. The van der Waals surface area contributed by atoms with Gasteiger partial charge in [-0.05, 0) is 31.7 Å². The van der Waals surface area contributed by atoms with Gasteiger partial charge in [-0.3, -0.25) is 19.3 Å². The van der Waals surface area contributed by atoms with Crippen LogP contribution in [0.4, 0.5) is 0 Å². The van der Waals surface area contributed by atoms with E-state index < -0.39 is 17.2 Å². The van der Waals surface area contributed by atoms with Crippen LogP contribution < -0.4 is 4.74 Å². The maximum atomic E-state index is 14.0. The summed E-state index contributed by atoms with van der Waals surface area (Å²) in [6.45, 7) is 0.371. The minimum Gasteiger partial charge on any atom is -0.463 e. The third kappa shape index (κ3) is 1.96. The molecule has 0 aromatic heterocycles. The SMILES string of the molecule is CO[C@H]1Oc2ccc(Cl)cc2C(=O)[C@@]12CCN(C)C21C(=O)c2ccccc2C1=O. The Hall–Kier alpha value is -2.54. The van der Waals surface area contributed by atoms with Crippen LogP contribution in [0.3, 0.4) is 0 Å². The average Bonchev–Trinajstić information content (AvgIpc) is 3.16. The Labute approximate surface area is 172 Å². The molecule has 2 aromatic carbocycles. The fraction of sp³-hybridized carbons (Fsp3) is 0.318. The van der Waals surface area contributed by atoms with Gasteiger partial charge in [0, 0.05) is 29.8 Å². The number of nitrogens with zero attached hydrogens (tertiary/aromatic N) is 1. The number of ketones is 3. The van der Waals surface area contributed by atoms with Crippen LogP contribution in [-0.2, 0) is 4.74 Å². The van der Waals surface area contributed by atoms with Crippen LogP contribution >= 0.6 is 11.6 Å². The molecular formula is C22H18ClNO5. The van der Waals surface area contributed by atoms with Crippen LogP contribution in [0.5, 0.6) is 5.75 Å². The highest BCUT2D eigenvalue weighted by Crippen LogP contribution is 2.58. The van der Waals surface area contributed by atoms with Gasteiger partial charge in [-0.15, -0.1) is 0 Å². The normalized spacial score (nSPS) is 27.4. The van der Waals surface area contributed by atoms with E-state index in [1.54, 1.807) is 48.3 Å². The number of ether oxygens (including phenoxy) is 2. The summed E-state index contributed by atoms with van der Waals surface area (Å²) in [5.41, 5.74) is -2.32. The van der Waals surface area contributed by atoms with E-state index in [1.807, 2.05) is 0 Å². The van der Waals surface area contributed by atoms with E-state index >= 15 is 0 Å². The van der Waals surface area contributed by atoms with Crippen molar-refractivity contribution in [3.8, 4) is 5.75 Å². The lowest BCUT2D eigenvalue weighted by atomic mass is 9.61. The number of benzene rings is 2. The van der Waals surface area contributed by atoms with Crippen LogP contribution in [0.2, 0.25) is 5.02 Å². The maximum absolute atomic E-state index is 14.0. The first-order valence-corrected chi connectivity index (χ1v) is 9.71. The first-order valence-electron chi connectivity index (χ1n) is 9.33. The van der Waals surface area contributed by atoms with Gasteiger partial charge in [0.05, 0.1) is 5.56 Å². The Morgan fingerprint density at radius 2 is 1.69 bits per heavy atom. The van der Waals surface area contributed by atoms with Gasteiger partial charge in [0.1, 0.15) is 11.2 Å².